The van der Waals surface area contributed by atoms with Crippen LogP contribution in [0.25, 0.3) is 5.69 Å². The standard InChI is InChI=1S/C15H14FN3O4/c16-10-2-1-3-11(8-10)19-5-4-12(17-19)14(20)18-6-7-23-9-13(18)15(21)22/h1-5,8,13H,6-7,9H2,(H,21,22). The molecular formula is C15H14FN3O4. The number of amides is 1. The molecule has 1 aromatic carbocycles. The summed E-state index contributed by atoms with van der Waals surface area (Å²) in [4.78, 5) is 24.9. The molecule has 2 heterocycles. The lowest BCUT2D eigenvalue weighted by Crippen LogP contribution is -2.52. The van der Waals surface area contributed by atoms with Gasteiger partial charge in [-0.2, -0.15) is 5.10 Å². The number of nitrogens with zero attached hydrogens (tertiary/aromatic N) is 3. The normalized spacial score (nSPS) is 18.0. The maximum absolute atomic E-state index is 13.3. The molecule has 0 aliphatic carbocycles. The Morgan fingerprint density at radius 1 is 1.35 bits per heavy atom. The number of rotatable bonds is 3. The van der Waals surface area contributed by atoms with Gasteiger partial charge in [0.1, 0.15) is 5.82 Å². The van der Waals surface area contributed by atoms with Gasteiger partial charge in [-0.3, -0.25) is 4.79 Å². The van der Waals surface area contributed by atoms with Gasteiger partial charge >= 0.3 is 5.97 Å². The van der Waals surface area contributed by atoms with Gasteiger partial charge in [-0.1, -0.05) is 6.07 Å². The average Bonchev–Trinajstić information content (AvgIpc) is 3.04. The number of carbonyl (C=O) groups excluding carboxylic acids is 1. The summed E-state index contributed by atoms with van der Waals surface area (Å²) in [6, 6.07) is 6.23. The van der Waals surface area contributed by atoms with Crippen LogP contribution in [0.4, 0.5) is 4.39 Å². The summed E-state index contributed by atoms with van der Waals surface area (Å²) in [7, 11) is 0. The fourth-order valence-corrected chi connectivity index (χ4v) is 2.40. The molecule has 1 N–H and O–H groups in total. The van der Waals surface area contributed by atoms with E-state index in [-0.39, 0.29) is 25.5 Å². The number of halogens is 1. The summed E-state index contributed by atoms with van der Waals surface area (Å²) in [6.07, 6.45) is 1.53. The molecule has 23 heavy (non-hydrogen) atoms. The van der Waals surface area contributed by atoms with Crippen molar-refractivity contribution >= 4 is 11.9 Å². The van der Waals surface area contributed by atoms with Crippen molar-refractivity contribution in [2.75, 3.05) is 19.8 Å². The Hall–Kier alpha value is -2.74. The number of hydrogen-bond donors (Lipinski definition) is 1. The summed E-state index contributed by atoms with van der Waals surface area (Å²) in [5, 5.41) is 13.3. The van der Waals surface area contributed by atoms with E-state index >= 15 is 0 Å². The highest BCUT2D eigenvalue weighted by molar-refractivity contribution is 5.95. The van der Waals surface area contributed by atoms with Crippen LogP contribution in [0.1, 0.15) is 10.5 Å². The Balaban J connectivity index is 1.84. The Bertz CT molecular complexity index is 746. The molecule has 8 heteroatoms. The molecule has 3 rings (SSSR count). The SMILES string of the molecule is O=C(O)C1COCCN1C(=O)c1ccn(-c2cccc(F)c2)n1. The zero-order chi connectivity index (χ0) is 16.4. The summed E-state index contributed by atoms with van der Waals surface area (Å²) in [5.41, 5.74) is 0.572. The fraction of sp³-hybridized carbons (Fsp3) is 0.267. The number of carbonyl (C=O) groups is 2. The highest BCUT2D eigenvalue weighted by atomic mass is 19.1. The van der Waals surface area contributed by atoms with E-state index < -0.39 is 23.7 Å². The monoisotopic (exact) mass is 319 g/mol. The van der Waals surface area contributed by atoms with Crippen LogP contribution in [-0.4, -0.2) is 57.5 Å². The van der Waals surface area contributed by atoms with E-state index in [1.807, 2.05) is 0 Å². The third kappa shape index (κ3) is 3.07. The Labute approximate surface area is 130 Å². The van der Waals surface area contributed by atoms with E-state index in [4.69, 9.17) is 4.74 Å². The van der Waals surface area contributed by atoms with E-state index in [0.717, 1.165) is 0 Å². The number of aromatic nitrogens is 2. The van der Waals surface area contributed by atoms with Crippen LogP contribution in [0.2, 0.25) is 0 Å². The van der Waals surface area contributed by atoms with Gasteiger partial charge in [0.15, 0.2) is 11.7 Å². The van der Waals surface area contributed by atoms with Crippen molar-refractivity contribution in [3.05, 3.63) is 48.0 Å². The summed E-state index contributed by atoms with van der Waals surface area (Å²) in [5.74, 6) is -2.02. The van der Waals surface area contributed by atoms with Crippen molar-refractivity contribution in [2.24, 2.45) is 0 Å². The second-order valence-corrected chi connectivity index (χ2v) is 5.05. The quantitative estimate of drug-likeness (QED) is 0.910. The molecule has 1 aromatic heterocycles. The number of morpholine rings is 1. The average molecular weight is 319 g/mol. The lowest BCUT2D eigenvalue weighted by atomic mass is 10.2. The van der Waals surface area contributed by atoms with E-state index in [1.54, 1.807) is 6.07 Å². The van der Waals surface area contributed by atoms with Gasteiger partial charge in [-0.05, 0) is 24.3 Å². The van der Waals surface area contributed by atoms with Crippen molar-refractivity contribution in [1.82, 2.24) is 14.7 Å². The molecule has 1 aliphatic rings. The summed E-state index contributed by atoms with van der Waals surface area (Å²) in [6.45, 7) is 0.411. The summed E-state index contributed by atoms with van der Waals surface area (Å²) < 4.78 is 19.7. The minimum absolute atomic E-state index is 0.0499. The second-order valence-electron chi connectivity index (χ2n) is 5.05. The number of carboxylic acids is 1. The number of ether oxygens (including phenoxy) is 1. The molecule has 1 aliphatic heterocycles. The van der Waals surface area contributed by atoms with Crippen LogP contribution in [0.3, 0.4) is 0 Å². The molecule has 0 spiro atoms. The molecule has 0 saturated carbocycles. The van der Waals surface area contributed by atoms with Gasteiger partial charge in [0, 0.05) is 12.7 Å². The van der Waals surface area contributed by atoms with Gasteiger partial charge in [-0.15, -0.1) is 0 Å². The van der Waals surface area contributed by atoms with Gasteiger partial charge in [0.2, 0.25) is 0 Å². The first-order chi connectivity index (χ1) is 11.1. The zero-order valence-electron chi connectivity index (χ0n) is 12.1. The topological polar surface area (TPSA) is 84.7 Å². The van der Waals surface area contributed by atoms with Gasteiger partial charge in [0.25, 0.3) is 5.91 Å². The van der Waals surface area contributed by atoms with Crippen molar-refractivity contribution in [1.29, 1.82) is 0 Å². The van der Waals surface area contributed by atoms with Crippen LogP contribution >= 0.6 is 0 Å². The zero-order valence-corrected chi connectivity index (χ0v) is 12.1. The van der Waals surface area contributed by atoms with Crippen molar-refractivity contribution < 1.29 is 23.8 Å². The third-order valence-corrected chi connectivity index (χ3v) is 3.56. The van der Waals surface area contributed by atoms with E-state index in [1.165, 1.54) is 40.0 Å². The molecular weight excluding hydrogens is 305 g/mol. The predicted molar refractivity (Wildman–Crippen MR) is 76.8 cm³/mol. The first kappa shape index (κ1) is 15.2. The van der Waals surface area contributed by atoms with Crippen molar-refractivity contribution in [3.63, 3.8) is 0 Å². The van der Waals surface area contributed by atoms with Crippen LogP contribution in [0.15, 0.2) is 36.5 Å². The van der Waals surface area contributed by atoms with Crippen molar-refractivity contribution in [3.8, 4) is 5.69 Å². The number of carboxylic acid groups (broad SMARTS) is 1. The van der Waals surface area contributed by atoms with E-state index in [0.29, 0.717) is 5.69 Å². The first-order valence-electron chi connectivity index (χ1n) is 6.99. The van der Waals surface area contributed by atoms with Gasteiger partial charge in [-0.25, -0.2) is 13.9 Å². The number of hydrogen-bond acceptors (Lipinski definition) is 4. The third-order valence-electron chi connectivity index (χ3n) is 3.56. The molecule has 2 aromatic rings. The highest BCUT2D eigenvalue weighted by Gasteiger charge is 2.34. The van der Waals surface area contributed by atoms with Crippen LogP contribution in [-0.2, 0) is 9.53 Å². The van der Waals surface area contributed by atoms with E-state index in [2.05, 4.69) is 5.10 Å². The molecule has 1 atom stereocenters. The maximum Gasteiger partial charge on any atom is 0.328 e. The number of benzene rings is 1. The second kappa shape index (κ2) is 6.17. The molecule has 7 nitrogen and oxygen atoms in total. The largest absolute Gasteiger partial charge is 0.480 e. The molecule has 1 amide bonds. The van der Waals surface area contributed by atoms with Crippen LogP contribution in [0.5, 0.6) is 0 Å². The predicted octanol–water partition coefficient (Wildman–Crippen LogP) is 0.937. The minimum Gasteiger partial charge on any atom is -0.480 e. The Kier molecular flexibility index (Phi) is 4.07. The fourth-order valence-electron chi connectivity index (χ4n) is 2.40. The van der Waals surface area contributed by atoms with E-state index in [9.17, 15) is 19.1 Å². The first-order valence-corrected chi connectivity index (χ1v) is 6.99. The highest BCUT2D eigenvalue weighted by Crippen LogP contribution is 2.14. The lowest BCUT2D eigenvalue weighted by molar-refractivity contribution is -0.147. The summed E-state index contributed by atoms with van der Waals surface area (Å²) >= 11 is 0. The molecule has 1 saturated heterocycles. The molecule has 1 unspecified atom stereocenters. The Morgan fingerprint density at radius 3 is 2.91 bits per heavy atom. The molecule has 120 valence electrons. The van der Waals surface area contributed by atoms with Gasteiger partial charge in [0.05, 0.1) is 18.9 Å². The Morgan fingerprint density at radius 2 is 2.17 bits per heavy atom. The lowest BCUT2D eigenvalue weighted by Gasteiger charge is -2.32. The molecule has 1 fully saturated rings. The van der Waals surface area contributed by atoms with Crippen LogP contribution in [0, 0.1) is 5.82 Å². The molecule has 0 radical (unpaired) electrons. The van der Waals surface area contributed by atoms with Crippen LogP contribution < -0.4 is 0 Å². The molecule has 0 bridgehead atoms. The minimum atomic E-state index is -1.12. The smallest absolute Gasteiger partial charge is 0.328 e. The van der Waals surface area contributed by atoms with Gasteiger partial charge < -0.3 is 14.7 Å². The van der Waals surface area contributed by atoms with Crippen molar-refractivity contribution in [2.45, 2.75) is 6.04 Å². The number of aliphatic carboxylic acids is 1. The maximum atomic E-state index is 13.3.